The summed E-state index contributed by atoms with van der Waals surface area (Å²) in [5.41, 5.74) is 4.40. The van der Waals surface area contributed by atoms with Gasteiger partial charge in [-0.1, -0.05) is 30.7 Å². The number of anilines is 1. The Balaban J connectivity index is 1.49. The van der Waals surface area contributed by atoms with Crippen LogP contribution in [0.1, 0.15) is 43.7 Å². The Labute approximate surface area is 245 Å². The van der Waals surface area contributed by atoms with Crippen molar-refractivity contribution in [1.29, 1.82) is 0 Å². The van der Waals surface area contributed by atoms with Crippen molar-refractivity contribution in [3.05, 3.63) is 85.5 Å². The smallest absolute Gasteiger partial charge is 0.238 e. The van der Waals surface area contributed by atoms with Gasteiger partial charge < -0.3 is 9.84 Å². The van der Waals surface area contributed by atoms with Crippen molar-refractivity contribution in [3.8, 4) is 11.5 Å². The number of nitrogens with zero attached hydrogens (tertiary/aromatic N) is 1. The summed E-state index contributed by atoms with van der Waals surface area (Å²) in [6.07, 6.45) is 4.82. The molecular weight excluding hydrogens is 621 g/mol. The Bertz CT molecular complexity index is 1600. The van der Waals surface area contributed by atoms with Crippen LogP contribution in [-0.4, -0.2) is 35.6 Å². The first-order chi connectivity index (χ1) is 19.2. The number of allylic oxidation sites excluding steroid dienone is 6. The highest BCUT2D eigenvalue weighted by molar-refractivity contribution is 14.1. The summed E-state index contributed by atoms with van der Waals surface area (Å²) in [6.45, 7) is 3.68. The Morgan fingerprint density at radius 1 is 1.05 bits per heavy atom. The molecule has 2 amide bonds. The third-order valence-corrected chi connectivity index (χ3v) is 9.59. The highest BCUT2D eigenvalue weighted by atomic mass is 127. The van der Waals surface area contributed by atoms with Crippen LogP contribution in [0.2, 0.25) is 0 Å². The molecule has 8 heteroatoms. The van der Waals surface area contributed by atoms with E-state index in [4.69, 9.17) is 4.74 Å². The molecule has 4 atom stereocenters. The zero-order chi connectivity index (χ0) is 28.5. The lowest BCUT2D eigenvalue weighted by Gasteiger charge is -2.42. The number of phenolic OH excluding ortho intramolecular Hbond substituents is 1. The van der Waals surface area contributed by atoms with Crippen LogP contribution < -0.4 is 9.64 Å². The molecule has 7 nitrogen and oxygen atoms in total. The minimum absolute atomic E-state index is 0.00538. The molecule has 0 unspecified atom stereocenters. The predicted molar refractivity (Wildman–Crippen MR) is 157 cm³/mol. The van der Waals surface area contributed by atoms with E-state index in [1.54, 1.807) is 19.1 Å². The standard InChI is InChI=1S/C32H28INO6/c1-4-16-5-7-18(8-6-16)34-31(38)20-10-9-19-21(27(20)32(34)39)14-22-28(24(35)11-15(2)29(22)36)26(19)17-12-23(33)30(37)25(13-17)40-3/h5-9,11-13,20-21,26-27,37H,4,10,14H2,1-3H3/t20-,21+,26-,27-/m0/s1. The normalized spacial score (nSPS) is 25.9. The van der Waals surface area contributed by atoms with E-state index in [1.807, 2.05) is 59.9 Å². The third-order valence-electron chi connectivity index (χ3n) is 8.77. The number of benzene rings is 2. The number of aromatic hydroxyl groups is 1. The van der Waals surface area contributed by atoms with E-state index >= 15 is 0 Å². The lowest BCUT2D eigenvalue weighted by molar-refractivity contribution is -0.123. The number of Topliss-reactive ketones (excluding diaryl/α,β-unsaturated/α-hetero) is 1. The van der Waals surface area contributed by atoms with Crippen molar-refractivity contribution in [3.63, 3.8) is 0 Å². The van der Waals surface area contributed by atoms with Crippen molar-refractivity contribution in [2.45, 2.75) is 39.0 Å². The molecule has 1 fully saturated rings. The first kappa shape index (κ1) is 26.7. The molecule has 0 radical (unpaired) electrons. The molecule has 0 saturated carbocycles. The summed E-state index contributed by atoms with van der Waals surface area (Å²) in [7, 11) is 1.46. The molecule has 40 heavy (non-hydrogen) atoms. The second-order valence-electron chi connectivity index (χ2n) is 10.8. The molecular formula is C32H28INO6. The first-order valence-electron chi connectivity index (χ1n) is 13.4. The summed E-state index contributed by atoms with van der Waals surface area (Å²) in [4.78, 5) is 55.9. The lowest BCUT2D eigenvalue weighted by Crippen LogP contribution is -2.39. The van der Waals surface area contributed by atoms with E-state index in [0.717, 1.165) is 17.6 Å². The number of fused-ring (bicyclic) bond motifs is 3. The van der Waals surface area contributed by atoms with Crippen molar-refractivity contribution < 1.29 is 29.0 Å². The summed E-state index contributed by atoms with van der Waals surface area (Å²) < 4.78 is 5.96. The zero-order valence-corrected chi connectivity index (χ0v) is 24.5. The predicted octanol–water partition coefficient (Wildman–Crippen LogP) is 5.20. The van der Waals surface area contributed by atoms with Gasteiger partial charge in [0.2, 0.25) is 11.8 Å². The van der Waals surface area contributed by atoms with E-state index < -0.39 is 23.7 Å². The third kappa shape index (κ3) is 3.90. The molecule has 0 spiro atoms. The maximum absolute atomic E-state index is 14.0. The number of ketones is 2. The van der Waals surface area contributed by atoms with Gasteiger partial charge in [-0.25, -0.2) is 0 Å². The van der Waals surface area contributed by atoms with Crippen LogP contribution >= 0.6 is 22.6 Å². The van der Waals surface area contributed by atoms with Gasteiger partial charge in [-0.3, -0.25) is 24.1 Å². The molecule has 1 aliphatic heterocycles. The average Bonchev–Trinajstić information content (AvgIpc) is 3.21. The molecule has 1 heterocycles. The van der Waals surface area contributed by atoms with Gasteiger partial charge in [-0.05, 0) is 96.2 Å². The number of phenols is 1. The second-order valence-corrected chi connectivity index (χ2v) is 12.0. The van der Waals surface area contributed by atoms with Crippen molar-refractivity contribution >= 4 is 51.7 Å². The van der Waals surface area contributed by atoms with Gasteiger partial charge in [0, 0.05) is 22.6 Å². The molecule has 0 aromatic heterocycles. The number of imide groups is 1. The van der Waals surface area contributed by atoms with Crippen molar-refractivity contribution in [2.24, 2.45) is 17.8 Å². The fraction of sp³-hybridized carbons (Fsp3) is 0.312. The number of ether oxygens (including phenoxy) is 1. The Morgan fingerprint density at radius 3 is 2.45 bits per heavy atom. The Kier molecular flexibility index (Phi) is 6.56. The van der Waals surface area contributed by atoms with Crippen LogP contribution in [0, 0.1) is 21.3 Å². The van der Waals surface area contributed by atoms with Crippen LogP contribution in [0.3, 0.4) is 0 Å². The number of hydrogen-bond acceptors (Lipinski definition) is 6. The molecule has 3 aliphatic carbocycles. The number of hydrogen-bond donors (Lipinski definition) is 1. The van der Waals surface area contributed by atoms with Crippen LogP contribution in [-0.2, 0) is 25.6 Å². The van der Waals surface area contributed by atoms with Gasteiger partial charge in [0.1, 0.15) is 0 Å². The average molecular weight is 649 g/mol. The Hall–Kier alpha value is -3.53. The molecule has 1 N–H and O–H groups in total. The van der Waals surface area contributed by atoms with Gasteiger partial charge in [0.15, 0.2) is 23.1 Å². The number of aryl methyl sites for hydroxylation is 1. The minimum Gasteiger partial charge on any atom is -0.504 e. The van der Waals surface area contributed by atoms with Crippen LogP contribution in [0.5, 0.6) is 11.5 Å². The van der Waals surface area contributed by atoms with E-state index in [1.165, 1.54) is 18.1 Å². The van der Waals surface area contributed by atoms with E-state index in [-0.39, 0.29) is 41.3 Å². The number of amides is 2. The maximum atomic E-state index is 14.0. The number of carbonyl (C=O) groups is 4. The SMILES string of the molecule is CCc1ccc(N2C(=O)[C@H]3[C@H](CC=C4[C@H](c5cc(I)c(O)c(OC)c5)C5=C(C[C@H]43)C(=O)C(C)=CC5=O)C2=O)cc1. The summed E-state index contributed by atoms with van der Waals surface area (Å²) in [6, 6.07) is 11.0. The number of carbonyl (C=O) groups excluding carboxylic acids is 4. The van der Waals surface area contributed by atoms with Gasteiger partial charge in [0.05, 0.1) is 28.2 Å². The topological polar surface area (TPSA) is 101 Å². The molecule has 4 aliphatic rings. The highest BCUT2D eigenvalue weighted by Gasteiger charge is 2.56. The zero-order valence-electron chi connectivity index (χ0n) is 22.4. The van der Waals surface area contributed by atoms with E-state index in [2.05, 4.69) is 0 Å². The highest BCUT2D eigenvalue weighted by Crippen LogP contribution is 2.56. The molecule has 1 saturated heterocycles. The van der Waals surface area contributed by atoms with E-state index in [0.29, 0.717) is 38.0 Å². The van der Waals surface area contributed by atoms with Gasteiger partial charge in [-0.15, -0.1) is 0 Å². The summed E-state index contributed by atoms with van der Waals surface area (Å²) in [5.74, 6) is -2.86. The van der Waals surface area contributed by atoms with Crippen LogP contribution in [0.25, 0.3) is 0 Å². The summed E-state index contributed by atoms with van der Waals surface area (Å²) >= 11 is 2.01. The van der Waals surface area contributed by atoms with Gasteiger partial charge >= 0.3 is 0 Å². The minimum atomic E-state index is -0.637. The molecule has 204 valence electrons. The van der Waals surface area contributed by atoms with Crippen LogP contribution in [0.15, 0.2) is 70.8 Å². The number of halogens is 1. The lowest BCUT2D eigenvalue weighted by atomic mass is 9.59. The van der Waals surface area contributed by atoms with Gasteiger partial charge in [0.25, 0.3) is 0 Å². The second kappa shape index (κ2) is 9.83. The molecule has 2 aromatic carbocycles. The van der Waals surface area contributed by atoms with Crippen molar-refractivity contribution in [2.75, 3.05) is 12.0 Å². The maximum Gasteiger partial charge on any atom is 0.238 e. The monoisotopic (exact) mass is 649 g/mol. The Morgan fingerprint density at radius 2 is 1.77 bits per heavy atom. The first-order valence-corrected chi connectivity index (χ1v) is 14.5. The van der Waals surface area contributed by atoms with E-state index in [9.17, 15) is 24.3 Å². The van der Waals surface area contributed by atoms with Crippen molar-refractivity contribution in [1.82, 2.24) is 0 Å². The molecule has 2 aromatic rings. The summed E-state index contributed by atoms with van der Waals surface area (Å²) in [5, 5.41) is 10.5. The molecule has 6 rings (SSSR count). The quantitative estimate of drug-likeness (QED) is 0.212. The number of methoxy groups -OCH3 is 1. The number of rotatable bonds is 4. The fourth-order valence-electron chi connectivity index (χ4n) is 6.81. The van der Waals surface area contributed by atoms with Gasteiger partial charge in [-0.2, -0.15) is 0 Å². The van der Waals surface area contributed by atoms with Crippen LogP contribution in [0.4, 0.5) is 5.69 Å². The largest absolute Gasteiger partial charge is 0.504 e. The fourth-order valence-corrected chi connectivity index (χ4v) is 7.44. The molecule has 0 bridgehead atoms.